The van der Waals surface area contributed by atoms with E-state index in [-0.39, 0.29) is 0 Å². The highest BCUT2D eigenvalue weighted by Gasteiger charge is 2.26. The summed E-state index contributed by atoms with van der Waals surface area (Å²) in [7, 11) is 2.08. The van der Waals surface area contributed by atoms with E-state index < -0.39 is 0 Å². The van der Waals surface area contributed by atoms with E-state index in [4.69, 9.17) is 0 Å². The molecule has 1 fully saturated rings. The second-order valence-corrected chi connectivity index (χ2v) is 5.71. The van der Waals surface area contributed by atoms with Crippen molar-refractivity contribution in [3.8, 4) is 0 Å². The average molecular weight is 231 g/mol. The van der Waals surface area contributed by atoms with Crippen molar-refractivity contribution in [3.63, 3.8) is 0 Å². The Hall–Kier alpha value is -0.820. The van der Waals surface area contributed by atoms with Crippen LogP contribution in [-0.4, -0.2) is 13.6 Å². The zero-order chi connectivity index (χ0) is 12.3. The third-order valence-electron chi connectivity index (χ3n) is 4.06. The van der Waals surface area contributed by atoms with Crippen LogP contribution in [0.3, 0.4) is 0 Å². The maximum Gasteiger partial charge on any atom is -0.00208 e. The van der Waals surface area contributed by atoms with Gasteiger partial charge in [0.2, 0.25) is 0 Å². The Morgan fingerprint density at radius 2 is 1.71 bits per heavy atom. The summed E-state index contributed by atoms with van der Waals surface area (Å²) in [6.45, 7) is 5.60. The van der Waals surface area contributed by atoms with Crippen molar-refractivity contribution >= 4 is 0 Å². The standard InChI is InChI=1S/C16H25N/c1-12-7-13(2)9-14(8-12)10-15-5-4-6-16(15)11-17-3/h7-9,15-17H,4-6,10-11H2,1-3H3. The fourth-order valence-corrected chi connectivity index (χ4v) is 3.40. The second-order valence-electron chi connectivity index (χ2n) is 5.71. The number of benzene rings is 1. The Balaban J connectivity index is 2.04. The predicted octanol–water partition coefficient (Wildman–Crippen LogP) is 3.48. The topological polar surface area (TPSA) is 12.0 Å². The molecule has 94 valence electrons. The van der Waals surface area contributed by atoms with Crippen LogP contribution in [0.4, 0.5) is 0 Å². The third-order valence-corrected chi connectivity index (χ3v) is 4.06. The van der Waals surface area contributed by atoms with E-state index in [1.807, 2.05) is 0 Å². The lowest BCUT2D eigenvalue weighted by Crippen LogP contribution is -2.23. The summed E-state index contributed by atoms with van der Waals surface area (Å²) in [5.74, 6) is 1.78. The zero-order valence-electron chi connectivity index (χ0n) is 11.4. The minimum atomic E-state index is 0.890. The van der Waals surface area contributed by atoms with Gasteiger partial charge in [0, 0.05) is 0 Å². The Labute approximate surface area is 106 Å². The van der Waals surface area contributed by atoms with Crippen LogP contribution in [0.15, 0.2) is 18.2 Å². The number of rotatable bonds is 4. The van der Waals surface area contributed by atoms with E-state index in [1.54, 1.807) is 0 Å². The monoisotopic (exact) mass is 231 g/mol. The van der Waals surface area contributed by atoms with Gasteiger partial charge in [-0.25, -0.2) is 0 Å². The first-order valence-electron chi connectivity index (χ1n) is 6.91. The first-order chi connectivity index (χ1) is 8.19. The highest BCUT2D eigenvalue weighted by atomic mass is 14.8. The van der Waals surface area contributed by atoms with Gasteiger partial charge >= 0.3 is 0 Å². The van der Waals surface area contributed by atoms with Crippen LogP contribution in [0.25, 0.3) is 0 Å². The summed E-state index contributed by atoms with van der Waals surface area (Å²) in [4.78, 5) is 0. The number of hydrogen-bond acceptors (Lipinski definition) is 1. The molecule has 0 saturated heterocycles. The van der Waals surface area contributed by atoms with E-state index in [9.17, 15) is 0 Å². The first-order valence-corrected chi connectivity index (χ1v) is 6.91. The lowest BCUT2D eigenvalue weighted by molar-refractivity contribution is 0.374. The molecule has 0 bridgehead atoms. The van der Waals surface area contributed by atoms with E-state index in [0.717, 1.165) is 11.8 Å². The maximum atomic E-state index is 3.35. The van der Waals surface area contributed by atoms with Crippen LogP contribution in [0.1, 0.15) is 36.0 Å². The zero-order valence-corrected chi connectivity index (χ0v) is 11.4. The van der Waals surface area contributed by atoms with E-state index >= 15 is 0 Å². The van der Waals surface area contributed by atoms with Crippen LogP contribution < -0.4 is 5.32 Å². The Morgan fingerprint density at radius 3 is 2.35 bits per heavy atom. The molecule has 1 saturated carbocycles. The van der Waals surface area contributed by atoms with Crippen molar-refractivity contribution < 1.29 is 0 Å². The molecular formula is C16H25N. The quantitative estimate of drug-likeness (QED) is 0.836. The van der Waals surface area contributed by atoms with Gasteiger partial charge in [-0.1, -0.05) is 35.7 Å². The van der Waals surface area contributed by atoms with Gasteiger partial charge in [-0.15, -0.1) is 0 Å². The van der Waals surface area contributed by atoms with Gasteiger partial charge in [-0.3, -0.25) is 0 Å². The molecule has 0 amide bonds. The molecule has 1 N–H and O–H groups in total. The molecule has 0 radical (unpaired) electrons. The van der Waals surface area contributed by atoms with E-state index in [0.29, 0.717) is 0 Å². The third kappa shape index (κ3) is 3.32. The minimum Gasteiger partial charge on any atom is -0.319 e. The largest absolute Gasteiger partial charge is 0.319 e. The Kier molecular flexibility index (Phi) is 4.22. The smallest absolute Gasteiger partial charge is 0.00208 e. The summed E-state index contributed by atoms with van der Waals surface area (Å²) in [5.41, 5.74) is 4.35. The fraction of sp³-hybridized carbons (Fsp3) is 0.625. The molecule has 1 heteroatoms. The van der Waals surface area contributed by atoms with Crippen LogP contribution in [0.2, 0.25) is 0 Å². The molecule has 0 spiro atoms. The van der Waals surface area contributed by atoms with Crippen molar-refractivity contribution in [2.75, 3.05) is 13.6 Å². The van der Waals surface area contributed by atoms with Crippen LogP contribution in [0.5, 0.6) is 0 Å². The van der Waals surface area contributed by atoms with Gasteiger partial charge in [-0.05, 0) is 64.1 Å². The van der Waals surface area contributed by atoms with Crippen molar-refractivity contribution in [2.24, 2.45) is 11.8 Å². The molecule has 2 atom stereocenters. The van der Waals surface area contributed by atoms with Crippen molar-refractivity contribution in [1.29, 1.82) is 0 Å². The fourth-order valence-electron chi connectivity index (χ4n) is 3.40. The summed E-state index contributed by atoms with van der Waals surface area (Å²) >= 11 is 0. The van der Waals surface area contributed by atoms with Gasteiger partial charge in [0.05, 0.1) is 0 Å². The molecule has 1 aromatic rings. The van der Waals surface area contributed by atoms with E-state index in [2.05, 4.69) is 44.4 Å². The second kappa shape index (κ2) is 5.68. The summed E-state index contributed by atoms with van der Waals surface area (Å²) < 4.78 is 0. The van der Waals surface area contributed by atoms with Crippen LogP contribution in [-0.2, 0) is 6.42 Å². The van der Waals surface area contributed by atoms with Crippen molar-refractivity contribution in [2.45, 2.75) is 39.5 Å². The molecular weight excluding hydrogens is 206 g/mol. The van der Waals surface area contributed by atoms with Crippen LogP contribution >= 0.6 is 0 Å². The average Bonchev–Trinajstić information content (AvgIpc) is 2.65. The Bertz CT molecular complexity index is 350. The highest BCUT2D eigenvalue weighted by molar-refractivity contribution is 5.29. The summed E-state index contributed by atoms with van der Waals surface area (Å²) in [5, 5.41) is 3.35. The number of nitrogens with one attached hydrogen (secondary N) is 1. The molecule has 0 aromatic heterocycles. The Morgan fingerprint density at radius 1 is 1.06 bits per heavy atom. The molecule has 0 heterocycles. The molecule has 1 aliphatic carbocycles. The van der Waals surface area contributed by atoms with Gasteiger partial charge in [0.25, 0.3) is 0 Å². The predicted molar refractivity (Wildman–Crippen MR) is 74.4 cm³/mol. The maximum absolute atomic E-state index is 3.35. The minimum absolute atomic E-state index is 0.890. The first kappa shape index (κ1) is 12.6. The molecule has 2 rings (SSSR count). The van der Waals surface area contributed by atoms with Gasteiger partial charge in [0.15, 0.2) is 0 Å². The van der Waals surface area contributed by atoms with Crippen molar-refractivity contribution in [1.82, 2.24) is 5.32 Å². The molecule has 0 aliphatic heterocycles. The lowest BCUT2D eigenvalue weighted by Gasteiger charge is -2.19. The molecule has 17 heavy (non-hydrogen) atoms. The summed E-state index contributed by atoms with van der Waals surface area (Å²) in [6, 6.07) is 6.99. The van der Waals surface area contributed by atoms with Gasteiger partial charge in [0.1, 0.15) is 0 Å². The number of hydrogen-bond donors (Lipinski definition) is 1. The molecule has 1 nitrogen and oxygen atoms in total. The van der Waals surface area contributed by atoms with Crippen molar-refractivity contribution in [3.05, 3.63) is 34.9 Å². The molecule has 1 aromatic carbocycles. The SMILES string of the molecule is CNCC1CCCC1Cc1cc(C)cc(C)c1. The van der Waals surface area contributed by atoms with E-state index in [1.165, 1.54) is 48.9 Å². The summed E-state index contributed by atoms with van der Waals surface area (Å²) in [6.07, 6.45) is 5.52. The lowest BCUT2D eigenvalue weighted by atomic mass is 9.88. The molecule has 1 aliphatic rings. The van der Waals surface area contributed by atoms with Crippen LogP contribution in [0, 0.1) is 25.7 Å². The van der Waals surface area contributed by atoms with Gasteiger partial charge < -0.3 is 5.32 Å². The number of aryl methyl sites for hydroxylation is 2. The van der Waals surface area contributed by atoms with Gasteiger partial charge in [-0.2, -0.15) is 0 Å². The normalized spacial score (nSPS) is 24.2. The highest BCUT2D eigenvalue weighted by Crippen LogP contribution is 2.34. The molecule has 2 unspecified atom stereocenters.